The van der Waals surface area contributed by atoms with E-state index in [4.69, 9.17) is 22.2 Å². The highest BCUT2D eigenvalue weighted by Gasteiger charge is 1.99. The molecule has 3 nitrogen and oxygen atoms in total. The fourth-order valence-corrected chi connectivity index (χ4v) is 1.01. The smallest absolute Gasteiger partial charge is 0.137 e. The van der Waals surface area contributed by atoms with Crippen LogP contribution in [0.4, 0.5) is 5.69 Å². The zero-order valence-electron chi connectivity index (χ0n) is 6.50. The number of ether oxygens (including phenoxy) is 1. The molecule has 1 rings (SSSR count). The summed E-state index contributed by atoms with van der Waals surface area (Å²) >= 11 is 5.79. The third-order valence-corrected chi connectivity index (χ3v) is 1.61. The van der Waals surface area contributed by atoms with E-state index in [0.29, 0.717) is 10.8 Å². The number of hydrazine groups is 1. The summed E-state index contributed by atoms with van der Waals surface area (Å²) in [6.07, 6.45) is 0. The van der Waals surface area contributed by atoms with Crippen LogP contribution in [-0.4, -0.2) is 7.11 Å². The molecule has 5 heteroatoms. The fourth-order valence-electron chi connectivity index (χ4n) is 0.756. The average molecular weight is 254 g/mol. The van der Waals surface area contributed by atoms with Crippen LogP contribution in [0.1, 0.15) is 0 Å². The van der Waals surface area contributed by atoms with Crippen molar-refractivity contribution in [1.29, 1.82) is 0 Å². The number of rotatable bonds is 2. The van der Waals surface area contributed by atoms with Crippen LogP contribution in [0.25, 0.3) is 0 Å². The summed E-state index contributed by atoms with van der Waals surface area (Å²) in [5.41, 5.74) is 3.24. The minimum Gasteiger partial charge on any atom is -0.495 e. The highest BCUT2D eigenvalue weighted by molar-refractivity contribution is 8.93. The van der Waals surface area contributed by atoms with Gasteiger partial charge in [-0.1, -0.05) is 11.6 Å². The van der Waals surface area contributed by atoms with Gasteiger partial charge in [0.15, 0.2) is 0 Å². The Morgan fingerprint density at radius 1 is 1.50 bits per heavy atom. The summed E-state index contributed by atoms with van der Waals surface area (Å²) < 4.78 is 4.94. The molecule has 0 aliphatic carbocycles. The molecule has 12 heavy (non-hydrogen) atoms. The van der Waals surface area contributed by atoms with E-state index in [1.165, 1.54) is 0 Å². The van der Waals surface area contributed by atoms with Crippen molar-refractivity contribution >= 4 is 34.3 Å². The molecule has 0 radical (unpaired) electrons. The largest absolute Gasteiger partial charge is 0.495 e. The molecule has 0 atom stereocenters. The first kappa shape index (κ1) is 11.6. The van der Waals surface area contributed by atoms with Gasteiger partial charge in [-0.25, -0.2) is 0 Å². The molecule has 68 valence electrons. The van der Waals surface area contributed by atoms with Gasteiger partial charge in [-0.3, -0.25) is 5.84 Å². The van der Waals surface area contributed by atoms with Gasteiger partial charge in [0.25, 0.3) is 0 Å². The van der Waals surface area contributed by atoms with Crippen LogP contribution >= 0.6 is 28.6 Å². The number of halogens is 2. The zero-order chi connectivity index (χ0) is 8.27. The van der Waals surface area contributed by atoms with E-state index in [1.54, 1.807) is 25.3 Å². The lowest BCUT2D eigenvalue weighted by atomic mass is 10.3. The highest BCUT2D eigenvalue weighted by Crippen LogP contribution is 2.26. The van der Waals surface area contributed by atoms with Gasteiger partial charge in [-0.15, -0.1) is 17.0 Å². The summed E-state index contributed by atoms with van der Waals surface area (Å²) in [6, 6.07) is 5.22. The molecule has 0 fully saturated rings. The van der Waals surface area contributed by atoms with Gasteiger partial charge in [-0.05, 0) is 18.2 Å². The first-order valence-corrected chi connectivity index (χ1v) is 3.46. The van der Waals surface area contributed by atoms with Crippen LogP contribution in [0.3, 0.4) is 0 Å². The van der Waals surface area contributed by atoms with E-state index in [2.05, 4.69) is 5.43 Å². The summed E-state index contributed by atoms with van der Waals surface area (Å²) in [5, 5.41) is 0.544. The molecule has 0 saturated heterocycles. The number of nitrogen functional groups attached to an aromatic ring is 1. The summed E-state index contributed by atoms with van der Waals surface area (Å²) in [7, 11) is 1.57. The topological polar surface area (TPSA) is 47.3 Å². The van der Waals surface area contributed by atoms with Crippen LogP contribution in [0.2, 0.25) is 5.02 Å². The second-order valence-corrected chi connectivity index (χ2v) is 2.40. The molecule has 1 aromatic carbocycles. The molecular formula is C7H10BrClN2O. The summed E-state index contributed by atoms with van der Waals surface area (Å²) in [5.74, 6) is 5.80. The van der Waals surface area contributed by atoms with Crippen molar-refractivity contribution in [2.45, 2.75) is 0 Å². The Balaban J connectivity index is 0.00000121. The molecule has 0 aliphatic heterocycles. The Morgan fingerprint density at radius 3 is 2.58 bits per heavy atom. The van der Waals surface area contributed by atoms with Gasteiger partial charge >= 0.3 is 0 Å². The van der Waals surface area contributed by atoms with Crippen LogP contribution < -0.4 is 16.0 Å². The molecule has 0 heterocycles. The van der Waals surface area contributed by atoms with Gasteiger partial charge in [0.1, 0.15) is 5.75 Å². The van der Waals surface area contributed by atoms with Crippen molar-refractivity contribution in [3.63, 3.8) is 0 Å². The lowest BCUT2D eigenvalue weighted by molar-refractivity contribution is 0.415. The van der Waals surface area contributed by atoms with Gasteiger partial charge in [0.2, 0.25) is 0 Å². The van der Waals surface area contributed by atoms with E-state index in [9.17, 15) is 0 Å². The van der Waals surface area contributed by atoms with Crippen molar-refractivity contribution in [2.75, 3.05) is 12.5 Å². The Labute approximate surface area is 86.6 Å². The zero-order valence-corrected chi connectivity index (χ0v) is 8.97. The molecule has 0 aromatic heterocycles. The lowest BCUT2D eigenvalue weighted by Gasteiger charge is -2.04. The molecule has 3 N–H and O–H groups in total. The van der Waals surface area contributed by atoms with E-state index in [0.717, 1.165) is 5.69 Å². The second kappa shape index (κ2) is 5.24. The molecule has 0 bridgehead atoms. The Morgan fingerprint density at radius 2 is 2.17 bits per heavy atom. The third-order valence-electron chi connectivity index (χ3n) is 1.32. The monoisotopic (exact) mass is 252 g/mol. The minimum absolute atomic E-state index is 0. The minimum atomic E-state index is 0. The maximum Gasteiger partial charge on any atom is 0.137 e. The summed E-state index contributed by atoms with van der Waals surface area (Å²) in [6.45, 7) is 0. The lowest BCUT2D eigenvalue weighted by Crippen LogP contribution is -2.06. The quantitative estimate of drug-likeness (QED) is 0.627. The maximum atomic E-state index is 5.79. The molecule has 0 unspecified atom stereocenters. The number of methoxy groups -OCH3 is 1. The standard InChI is InChI=1S/C7H9ClN2O.BrH/c1-11-7-3-2-5(10-9)4-6(7)8;/h2-4,10H,9H2,1H3;1H. The SMILES string of the molecule is Br.COc1ccc(NN)cc1Cl. The first-order chi connectivity index (χ1) is 5.27. The predicted molar refractivity (Wildman–Crippen MR) is 56.1 cm³/mol. The Kier molecular flexibility index (Phi) is 5.04. The van der Waals surface area contributed by atoms with Crippen LogP contribution in [0.15, 0.2) is 18.2 Å². The van der Waals surface area contributed by atoms with Crippen molar-refractivity contribution in [3.05, 3.63) is 23.2 Å². The van der Waals surface area contributed by atoms with Gasteiger partial charge < -0.3 is 10.2 Å². The fraction of sp³-hybridized carbons (Fsp3) is 0.143. The van der Waals surface area contributed by atoms with Crippen molar-refractivity contribution < 1.29 is 4.74 Å². The van der Waals surface area contributed by atoms with Gasteiger partial charge in [0.05, 0.1) is 17.8 Å². The van der Waals surface area contributed by atoms with Crippen molar-refractivity contribution in [3.8, 4) is 5.75 Å². The number of nitrogens with two attached hydrogens (primary N) is 1. The van der Waals surface area contributed by atoms with E-state index in [-0.39, 0.29) is 17.0 Å². The van der Waals surface area contributed by atoms with E-state index >= 15 is 0 Å². The number of anilines is 1. The van der Waals surface area contributed by atoms with E-state index < -0.39 is 0 Å². The normalized spacial score (nSPS) is 8.58. The van der Waals surface area contributed by atoms with E-state index in [1.807, 2.05) is 0 Å². The van der Waals surface area contributed by atoms with Crippen molar-refractivity contribution in [1.82, 2.24) is 0 Å². The molecular weight excluding hydrogens is 243 g/mol. The Bertz CT molecular complexity index is 257. The Hall–Kier alpha value is -0.450. The van der Waals surface area contributed by atoms with Gasteiger partial charge in [0, 0.05) is 0 Å². The maximum absolute atomic E-state index is 5.79. The molecule has 0 spiro atoms. The molecule has 0 aliphatic rings. The number of nitrogens with one attached hydrogen (secondary N) is 1. The number of hydrogen-bond donors (Lipinski definition) is 2. The first-order valence-electron chi connectivity index (χ1n) is 3.08. The third kappa shape index (κ3) is 2.55. The van der Waals surface area contributed by atoms with Crippen LogP contribution in [0, 0.1) is 0 Å². The van der Waals surface area contributed by atoms with Crippen LogP contribution in [0.5, 0.6) is 5.75 Å². The second-order valence-electron chi connectivity index (χ2n) is 1.99. The molecule has 0 saturated carbocycles. The molecule has 1 aromatic rings. The van der Waals surface area contributed by atoms with Crippen molar-refractivity contribution in [2.24, 2.45) is 5.84 Å². The predicted octanol–water partition coefficient (Wildman–Crippen LogP) is 2.21. The van der Waals surface area contributed by atoms with Crippen LogP contribution in [-0.2, 0) is 0 Å². The molecule has 0 amide bonds. The number of benzene rings is 1. The number of hydrogen-bond acceptors (Lipinski definition) is 3. The highest BCUT2D eigenvalue weighted by atomic mass is 79.9. The average Bonchev–Trinajstić information content (AvgIpc) is 2.04. The summed E-state index contributed by atoms with van der Waals surface area (Å²) in [4.78, 5) is 0. The van der Waals surface area contributed by atoms with Gasteiger partial charge in [-0.2, -0.15) is 0 Å².